The predicted molar refractivity (Wildman–Crippen MR) is 74.9 cm³/mol. The Hall–Kier alpha value is -2.24. The van der Waals surface area contributed by atoms with Crippen LogP contribution < -0.4 is 5.48 Å². The van der Waals surface area contributed by atoms with E-state index in [4.69, 9.17) is 4.84 Å². The second kappa shape index (κ2) is 4.70. The van der Waals surface area contributed by atoms with Crippen molar-refractivity contribution in [2.75, 3.05) is 6.61 Å². The second-order valence-electron chi connectivity index (χ2n) is 4.91. The van der Waals surface area contributed by atoms with E-state index in [0.717, 1.165) is 24.2 Å². The highest BCUT2D eigenvalue weighted by Crippen LogP contribution is 2.26. The van der Waals surface area contributed by atoms with Gasteiger partial charge in [0.1, 0.15) is 6.33 Å². The summed E-state index contributed by atoms with van der Waals surface area (Å²) in [5.41, 5.74) is 7.46. The highest BCUT2D eigenvalue weighted by Gasteiger charge is 2.17. The molecule has 1 aliphatic rings. The van der Waals surface area contributed by atoms with Crippen LogP contribution >= 0.6 is 0 Å². The van der Waals surface area contributed by atoms with Crippen LogP contribution in [0.25, 0.3) is 16.8 Å². The van der Waals surface area contributed by atoms with Gasteiger partial charge < -0.3 is 4.84 Å². The van der Waals surface area contributed by atoms with Gasteiger partial charge >= 0.3 is 0 Å². The van der Waals surface area contributed by atoms with E-state index in [0.29, 0.717) is 0 Å². The first-order valence-electron chi connectivity index (χ1n) is 6.67. The van der Waals surface area contributed by atoms with Crippen molar-refractivity contribution in [2.45, 2.75) is 12.5 Å². The first-order chi connectivity index (χ1) is 9.90. The third kappa shape index (κ3) is 1.97. The zero-order chi connectivity index (χ0) is 13.4. The summed E-state index contributed by atoms with van der Waals surface area (Å²) in [5, 5.41) is 4.18. The molecule has 0 aliphatic carbocycles. The van der Waals surface area contributed by atoms with E-state index in [9.17, 15) is 0 Å². The summed E-state index contributed by atoms with van der Waals surface area (Å²) in [5.74, 6) is 0. The molecule has 3 heterocycles. The zero-order valence-electron chi connectivity index (χ0n) is 10.9. The molecule has 0 radical (unpaired) electrons. The molecule has 1 atom stereocenters. The smallest absolute Gasteiger partial charge is 0.155 e. The van der Waals surface area contributed by atoms with Gasteiger partial charge in [-0.25, -0.2) is 9.50 Å². The molecule has 5 nitrogen and oxygen atoms in total. The molecule has 1 aliphatic heterocycles. The molecule has 0 unspecified atom stereocenters. The van der Waals surface area contributed by atoms with Crippen LogP contribution in [0.5, 0.6) is 0 Å². The summed E-state index contributed by atoms with van der Waals surface area (Å²) in [6.45, 7) is 0.764. The number of rotatable bonds is 2. The molecule has 0 spiro atoms. The van der Waals surface area contributed by atoms with Crippen molar-refractivity contribution in [1.29, 1.82) is 0 Å². The number of nitrogens with one attached hydrogen (secondary N) is 1. The molecule has 4 rings (SSSR count). The summed E-state index contributed by atoms with van der Waals surface area (Å²) in [6, 6.07) is 12.8. The number of fused-ring (bicyclic) bond motifs is 1. The maximum absolute atomic E-state index is 5.23. The summed E-state index contributed by atoms with van der Waals surface area (Å²) >= 11 is 0. The fourth-order valence-electron chi connectivity index (χ4n) is 2.55. The number of aromatic nitrogens is 3. The molecule has 20 heavy (non-hydrogen) atoms. The van der Waals surface area contributed by atoms with Gasteiger partial charge in [-0.2, -0.15) is 10.6 Å². The summed E-state index contributed by atoms with van der Waals surface area (Å²) in [4.78, 5) is 9.39. The molecule has 5 heteroatoms. The lowest BCUT2D eigenvalue weighted by atomic mass is 10.00. The average Bonchev–Trinajstić information content (AvgIpc) is 3.18. The number of hydrogen-bond acceptors (Lipinski definition) is 4. The van der Waals surface area contributed by atoms with E-state index >= 15 is 0 Å². The zero-order valence-corrected chi connectivity index (χ0v) is 10.9. The Kier molecular flexibility index (Phi) is 2.72. The predicted octanol–water partition coefficient (Wildman–Crippen LogP) is 2.36. The lowest BCUT2D eigenvalue weighted by Gasteiger charge is -2.11. The van der Waals surface area contributed by atoms with Crippen LogP contribution in [0.1, 0.15) is 18.0 Å². The third-order valence-electron chi connectivity index (χ3n) is 3.63. The topological polar surface area (TPSA) is 51.5 Å². The van der Waals surface area contributed by atoms with Gasteiger partial charge in [-0.15, -0.1) is 0 Å². The minimum absolute atomic E-state index is 0.282. The standard InChI is InChI=1S/C15H14N4O/c1-2-11(8-12(3-1)14-6-7-20-18-14)13-4-5-15-16-10-17-19(15)9-13/h1-5,8-10,14,18H,6-7H2/t14-/m1/s1. The molecule has 0 saturated carbocycles. The van der Waals surface area contributed by atoms with Crippen molar-refractivity contribution in [3.8, 4) is 11.1 Å². The van der Waals surface area contributed by atoms with Crippen molar-refractivity contribution in [3.63, 3.8) is 0 Å². The summed E-state index contributed by atoms with van der Waals surface area (Å²) in [6.07, 6.45) is 4.57. The monoisotopic (exact) mass is 266 g/mol. The van der Waals surface area contributed by atoms with Gasteiger partial charge in [-0.3, -0.25) is 0 Å². The Morgan fingerprint density at radius 3 is 3.10 bits per heavy atom. The molecule has 0 amide bonds. The minimum Gasteiger partial charge on any atom is -0.301 e. The van der Waals surface area contributed by atoms with E-state index in [-0.39, 0.29) is 6.04 Å². The maximum Gasteiger partial charge on any atom is 0.155 e. The molecule has 2 aromatic heterocycles. The van der Waals surface area contributed by atoms with Crippen LogP contribution in [-0.4, -0.2) is 21.2 Å². The van der Waals surface area contributed by atoms with Crippen molar-refractivity contribution in [3.05, 3.63) is 54.5 Å². The molecular formula is C15H14N4O. The maximum atomic E-state index is 5.23. The van der Waals surface area contributed by atoms with Gasteiger partial charge in [0.2, 0.25) is 0 Å². The van der Waals surface area contributed by atoms with Crippen LogP contribution in [0.3, 0.4) is 0 Å². The molecule has 1 N–H and O–H groups in total. The fourth-order valence-corrected chi connectivity index (χ4v) is 2.55. The van der Waals surface area contributed by atoms with Gasteiger partial charge in [-0.05, 0) is 35.7 Å². The number of hydroxylamine groups is 1. The van der Waals surface area contributed by atoms with Crippen molar-refractivity contribution >= 4 is 5.65 Å². The summed E-state index contributed by atoms with van der Waals surface area (Å²) in [7, 11) is 0. The van der Waals surface area contributed by atoms with E-state index in [1.807, 2.05) is 12.3 Å². The normalized spacial score (nSPS) is 18.7. The first kappa shape index (κ1) is 11.6. The molecule has 1 fully saturated rings. The molecule has 100 valence electrons. The van der Waals surface area contributed by atoms with Gasteiger partial charge in [-0.1, -0.05) is 18.2 Å². The Bertz CT molecular complexity index is 746. The van der Waals surface area contributed by atoms with E-state index in [2.05, 4.69) is 45.9 Å². The lowest BCUT2D eigenvalue weighted by molar-refractivity contribution is 0.0883. The number of nitrogens with zero attached hydrogens (tertiary/aromatic N) is 3. The van der Waals surface area contributed by atoms with Crippen molar-refractivity contribution in [1.82, 2.24) is 20.1 Å². The second-order valence-corrected chi connectivity index (χ2v) is 4.91. The Balaban J connectivity index is 1.75. The van der Waals surface area contributed by atoms with Crippen LogP contribution in [0.2, 0.25) is 0 Å². The quantitative estimate of drug-likeness (QED) is 0.773. The van der Waals surface area contributed by atoms with E-state index in [1.165, 1.54) is 11.1 Å². The lowest BCUT2D eigenvalue weighted by Crippen LogP contribution is -2.11. The van der Waals surface area contributed by atoms with Gasteiger partial charge in [0.05, 0.1) is 12.6 Å². The van der Waals surface area contributed by atoms with Gasteiger partial charge in [0.25, 0.3) is 0 Å². The average molecular weight is 266 g/mol. The van der Waals surface area contributed by atoms with Gasteiger partial charge in [0.15, 0.2) is 5.65 Å². The Morgan fingerprint density at radius 1 is 1.20 bits per heavy atom. The number of benzene rings is 1. The van der Waals surface area contributed by atoms with Crippen molar-refractivity contribution in [2.24, 2.45) is 0 Å². The van der Waals surface area contributed by atoms with Gasteiger partial charge in [0, 0.05) is 11.8 Å². The molecular weight excluding hydrogens is 252 g/mol. The van der Waals surface area contributed by atoms with Crippen LogP contribution in [0.15, 0.2) is 48.9 Å². The number of hydrogen-bond donors (Lipinski definition) is 1. The van der Waals surface area contributed by atoms with Crippen LogP contribution in [-0.2, 0) is 4.84 Å². The van der Waals surface area contributed by atoms with Crippen molar-refractivity contribution < 1.29 is 4.84 Å². The highest BCUT2D eigenvalue weighted by molar-refractivity contribution is 5.65. The Morgan fingerprint density at radius 2 is 2.20 bits per heavy atom. The summed E-state index contributed by atoms with van der Waals surface area (Å²) < 4.78 is 1.79. The van der Waals surface area contributed by atoms with E-state index < -0.39 is 0 Å². The molecule has 1 aromatic carbocycles. The largest absolute Gasteiger partial charge is 0.301 e. The molecule has 1 saturated heterocycles. The molecule has 3 aromatic rings. The first-order valence-corrected chi connectivity index (χ1v) is 6.67. The molecule has 0 bridgehead atoms. The van der Waals surface area contributed by atoms with E-state index in [1.54, 1.807) is 10.8 Å². The SMILES string of the molecule is c1cc(-c2ccc3ncnn3c2)cc([C@H]2CCON2)c1. The highest BCUT2D eigenvalue weighted by atomic mass is 16.7. The third-order valence-corrected chi connectivity index (χ3v) is 3.63. The number of pyridine rings is 1. The minimum atomic E-state index is 0.282. The fraction of sp³-hybridized carbons (Fsp3) is 0.200. The van der Waals surface area contributed by atoms with Crippen LogP contribution in [0.4, 0.5) is 0 Å². The van der Waals surface area contributed by atoms with Crippen LogP contribution in [0, 0.1) is 0 Å². The Labute approximate surface area is 116 Å².